The van der Waals surface area contributed by atoms with Gasteiger partial charge in [0.2, 0.25) is 0 Å². The number of halogens is 1. The standard InChI is InChI=1S/C17H22FNO3/c18-13-6-2-4-8-16(13)22-10-9-19-14-7-3-1-5-12(14)11-15(19)17(20)21/h2,4,6,8,12,14-15H,1,3,5,7,9-11H2,(H,20,21)/t12-,14+,15-/m0/s1. The maximum atomic E-state index is 13.5. The molecule has 5 heteroatoms. The van der Waals surface area contributed by atoms with Crippen molar-refractivity contribution in [2.24, 2.45) is 5.92 Å². The SMILES string of the molecule is O=C(O)[C@@H]1C[C@@H]2CCCC[C@H]2N1CCOc1ccccc1F. The van der Waals surface area contributed by atoms with Crippen molar-refractivity contribution in [2.75, 3.05) is 13.2 Å². The molecular weight excluding hydrogens is 285 g/mol. The Morgan fingerprint density at radius 1 is 1.32 bits per heavy atom. The minimum Gasteiger partial charge on any atom is -0.489 e. The van der Waals surface area contributed by atoms with Gasteiger partial charge in [0.05, 0.1) is 0 Å². The smallest absolute Gasteiger partial charge is 0.320 e. The number of carboxylic acids is 1. The molecular formula is C17H22FNO3. The van der Waals surface area contributed by atoms with Crippen molar-refractivity contribution in [1.29, 1.82) is 0 Å². The van der Waals surface area contributed by atoms with E-state index in [-0.39, 0.29) is 11.6 Å². The third kappa shape index (κ3) is 3.09. The molecule has 1 aromatic rings. The van der Waals surface area contributed by atoms with Crippen LogP contribution in [0.5, 0.6) is 5.75 Å². The zero-order valence-corrected chi connectivity index (χ0v) is 12.6. The number of carboxylic acid groups (broad SMARTS) is 1. The first-order valence-corrected chi connectivity index (χ1v) is 8.02. The van der Waals surface area contributed by atoms with E-state index < -0.39 is 12.0 Å². The van der Waals surface area contributed by atoms with Gasteiger partial charge in [0.15, 0.2) is 11.6 Å². The Morgan fingerprint density at radius 3 is 2.86 bits per heavy atom. The van der Waals surface area contributed by atoms with Crippen molar-refractivity contribution >= 4 is 5.97 Å². The van der Waals surface area contributed by atoms with Crippen LogP contribution in [0.3, 0.4) is 0 Å². The molecule has 1 N–H and O–H groups in total. The van der Waals surface area contributed by atoms with Crippen LogP contribution >= 0.6 is 0 Å². The van der Waals surface area contributed by atoms with Crippen LogP contribution in [0.25, 0.3) is 0 Å². The Kier molecular flexibility index (Phi) is 4.62. The minimum absolute atomic E-state index is 0.230. The normalized spacial score (nSPS) is 28.3. The highest BCUT2D eigenvalue weighted by Crippen LogP contribution is 2.39. The number of benzene rings is 1. The van der Waals surface area contributed by atoms with Crippen LogP contribution in [0.1, 0.15) is 32.1 Å². The van der Waals surface area contributed by atoms with Crippen molar-refractivity contribution in [3.05, 3.63) is 30.1 Å². The van der Waals surface area contributed by atoms with Crippen molar-refractivity contribution in [1.82, 2.24) is 4.90 Å². The van der Waals surface area contributed by atoms with E-state index in [1.165, 1.54) is 12.5 Å². The van der Waals surface area contributed by atoms with Gasteiger partial charge in [0, 0.05) is 12.6 Å². The predicted octanol–water partition coefficient (Wildman–Crippen LogP) is 2.92. The van der Waals surface area contributed by atoms with E-state index in [1.807, 2.05) is 0 Å². The number of carbonyl (C=O) groups is 1. The summed E-state index contributed by atoms with van der Waals surface area (Å²) in [5.41, 5.74) is 0. The van der Waals surface area contributed by atoms with Gasteiger partial charge in [-0.1, -0.05) is 25.0 Å². The highest BCUT2D eigenvalue weighted by atomic mass is 19.1. The van der Waals surface area contributed by atoms with E-state index in [4.69, 9.17) is 4.74 Å². The van der Waals surface area contributed by atoms with Crippen LogP contribution in [0.4, 0.5) is 4.39 Å². The Hall–Kier alpha value is -1.62. The molecule has 2 aliphatic rings. The van der Waals surface area contributed by atoms with Gasteiger partial charge >= 0.3 is 5.97 Å². The first kappa shape index (κ1) is 15.3. The molecule has 1 aliphatic carbocycles. The molecule has 0 spiro atoms. The summed E-state index contributed by atoms with van der Waals surface area (Å²) >= 11 is 0. The second-order valence-corrected chi connectivity index (χ2v) is 6.22. The summed E-state index contributed by atoms with van der Waals surface area (Å²) in [5.74, 6) is -0.411. The highest BCUT2D eigenvalue weighted by molar-refractivity contribution is 5.74. The predicted molar refractivity (Wildman–Crippen MR) is 80.4 cm³/mol. The number of ether oxygens (including phenoxy) is 1. The number of fused-ring (bicyclic) bond motifs is 1. The third-order valence-corrected chi connectivity index (χ3v) is 4.95. The second-order valence-electron chi connectivity index (χ2n) is 6.22. The number of hydrogen-bond donors (Lipinski definition) is 1. The molecule has 0 radical (unpaired) electrons. The van der Waals surface area contributed by atoms with Crippen LogP contribution in [0, 0.1) is 11.7 Å². The number of aliphatic carboxylic acids is 1. The van der Waals surface area contributed by atoms with Crippen LogP contribution in [-0.4, -0.2) is 41.2 Å². The molecule has 3 rings (SSSR count). The second kappa shape index (κ2) is 6.65. The fourth-order valence-electron chi connectivity index (χ4n) is 3.94. The van der Waals surface area contributed by atoms with Crippen molar-refractivity contribution in [2.45, 2.75) is 44.2 Å². The lowest BCUT2D eigenvalue weighted by Gasteiger charge is -2.32. The Morgan fingerprint density at radius 2 is 2.09 bits per heavy atom. The molecule has 120 valence electrons. The zero-order valence-electron chi connectivity index (χ0n) is 12.6. The number of hydrogen-bond acceptors (Lipinski definition) is 3. The van der Waals surface area contributed by atoms with Gasteiger partial charge in [0.25, 0.3) is 0 Å². The largest absolute Gasteiger partial charge is 0.489 e. The molecule has 0 unspecified atom stereocenters. The summed E-state index contributed by atoms with van der Waals surface area (Å²) < 4.78 is 19.0. The summed E-state index contributed by atoms with van der Waals surface area (Å²) in [6.07, 6.45) is 5.29. The topological polar surface area (TPSA) is 49.8 Å². The van der Waals surface area contributed by atoms with Crippen LogP contribution < -0.4 is 4.74 Å². The van der Waals surface area contributed by atoms with Gasteiger partial charge in [-0.25, -0.2) is 4.39 Å². The maximum absolute atomic E-state index is 13.5. The van der Waals surface area contributed by atoms with Gasteiger partial charge in [-0.15, -0.1) is 0 Å². The molecule has 1 heterocycles. The van der Waals surface area contributed by atoms with E-state index in [9.17, 15) is 14.3 Å². The Bertz CT molecular complexity index is 536. The lowest BCUT2D eigenvalue weighted by Crippen LogP contribution is -2.44. The molecule has 0 bridgehead atoms. The minimum atomic E-state index is -0.750. The Labute approximate surface area is 129 Å². The van der Waals surface area contributed by atoms with E-state index in [2.05, 4.69) is 4.90 Å². The molecule has 4 nitrogen and oxygen atoms in total. The van der Waals surface area contributed by atoms with E-state index in [0.717, 1.165) is 25.7 Å². The third-order valence-electron chi connectivity index (χ3n) is 4.95. The molecule has 3 atom stereocenters. The van der Waals surface area contributed by atoms with Gasteiger partial charge in [-0.3, -0.25) is 9.69 Å². The molecule has 0 aromatic heterocycles. The van der Waals surface area contributed by atoms with Gasteiger partial charge in [-0.2, -0.15) is 0 Å². The van der Waals surface area contributed by atoms with Crippen molar-refractivity contribution in [3.8, 4) is 5.75 Å². The van der Waals surface area contributed by atoms with Gasteiger partial charge in [-0.05, 0) is 37.3 Å². The van der Waals surface area contributed by atoms with E-state index in [1.54, 1.807) is 18.2 Å². The summed E-state index contributed by atoms with van der Waals surface area (Å²) in [4.78, 5) is 13.6. The molecule has 1 aromatic carbocycles. The van der Waals surface area contributed by atoms with E-state index >= 15 is 0 Å². The monoisotopic (exact) mass is 307 g/mol. The maximum Gasteiger partial charge on any atom is 0.320 e. The average Bonchev–Trinajstić information content (AvgIpc) is 2.88. The fourth-order valence-corrected chi connectivity index (χ4v) is 3.94. The summed E-state index contributed by atoms with van der Waals surface area (Å²) in [6.45, 7) is 0.848. The fraction of sp³-hybridized carbons (Fsp3) is 0.588. The number of likely N-dealkylation sites (tertiary alicyclic amines) is 1. The molecule has 2 fully saturated rings. The van der Waals surface area contributed by atoms with Crippen molar-refractivity contribution in [3.63, 3.8) is 0 Å². The van der Waals surface area contributed by atoms with Gasteiger partial charge in [0.1, 0.15) is 12.6 Å². The van der Waals surface area contributed by atoms with Crippen LogP contribution in [0.2, 0.25) is 0 Å². The van der Waals surface area contributed by atoms with E-state index in [0.29, 0.717) is 25.1 Å². The quantitative estimate of drug-likeness (QED) is 0.908. The summed E-state index contributed by atoms with van der Waals surface area (Å²) in [7, 11) is 0. The van der Waals surface area contributed by atoms with Crippen LogP contribution in [-0.2, 0) is 4.79 Å². The number of nitrogens with zero attached hydrogens (tertiary/aromatic N) is 1. The first-order valence-electron chi connectivity index (χ1n) is 8.02. The summed E-state index contributed by atoms with van der Waals surface area (Å²) in [6, 6.07) is 6.23. The van der Waals surface area contributed by atoms with Crippen molar-refractivity contribution < 1.29 is 19.0 Å². The molecule has 1 aliphatic heterocycles. The highest BCUT2D eigenvalue weighted by Gasteiger charge is 2.44. The lowest BCUT2D eigenvalue weighted by atomic mass is 9.85. The number of rotatable bonds is 5. The molecule has 1 saturated heterocycles. The molecule has 0 amide bonds. The average molecular weight is 307 g/mol. The van der Waals surface area contributed by atoms with Crippen LogP contribution in [0.15, 0.2) is 24.3 Å². The summed E-state index contributed by atoms with van der Waals surface area (Å²) in [5, 5.41) is 9.45. The molecule has 22 heavy (non-hydrogen) atoms. The lowest BCUT2D eigenvalue weighted by molar-refractivity contribution is -0.142. The molecule has 1 saturated carbocycles. The first-order chi connectivity index (χ1) is 10.7. The van der Waals surface area contributed by atoms with Gasteiger partial charge < -0.3 is 9.84 Å². The number of para-hydroxylation sites is 1. The Balaban J connectivity index is 1.61. The zero-order chi connectivity index (χ0) is 15.5.